The highest BCUT2D eigenvalue weighted by molar-refractivity contribution is 5.85. The molecule has 15 heavy (non-hydrogen) atoms. The summed E-state index contributed by atoms with van der Waals surface area (Å²) in [4.78, 5) is 22.0. The topological polar surface area (TPSA) is 84.2 Å². The average Bonchev–Trinajstić information content (AvgIpc) is 2.68. The Hall–Kier alpha value is -1.85. The second-order valence-corrected chi connectivity index (χ2v) is 3.23. The van der Waals surface area contributed by atoms with Crippen LogP contribution in [0, 0.1) is 0 Å². The fourth-order valence-electron chi connectivity index (χ4n) is 1.03. The van der Waals surface area contributed by atoms with Crippen molar-refractivity contribution in [3.8, 4) is 0 Å². The van der Waals surface area contributed by atoms with Crippen LogP contribution >= 0.6 is 0 Å². The molecule has 6 nitrogen and oxygen atoms in total. The summed E-state index contributed by atoms with van der Waals surface area (Å²) in [6, 6.07) is 0.294. The number of hydrogen-bond acceptors (Lipinski definition) is 3. The van der Waals surface area contributed by atoms with Crippen molar-refractivity contribution in [2.75, 3.05) is 0 Å². The lowest BCUT2D eigenvalue weighted by molar-refractivity contribution is -0.141. The maximum Gasteiger partial charge on any atom is 0.325 e. The standard InChI is InChI=1S/C9H13N3O3/c1-6(9(14)15)11-8(13)7(2)12-5-3-4-10-12/h3-7H,1-2H3,(H,11,13)(H,14,15). The molecule has 1 aromatic heterocycles. The van der Waals surface area contributed by atoms with Gasteiger partial charge in [0.25, 0.3) is 0 Å². The Morgan fingerprint density at radius 2 is 2.13 bits per heavy atom. The minimum Gasteiger partial charge on any atom is -0.480 e. The molecular weight excluding hydrogens is 198 g/mol. The minimum absolute atomic E-state index is 0.367. The number of aromatic nitrogens is 2. The van der Waals surface area contributed by atoms with Crippen molar-refractivity contribution in [1.82, 2.24) is 15.1 Å². The molecule has 82 valence electrons. The van der Waals surface area contributed by atoms with Gasteiger partial charge >= 0.3 is 5.97 Å². The lowest BCUT2D eigenvalue weighted by Gasteiger charge is -2.14. The molecule has 1 aromatic rings. The first-order valence-electron chi connectivity index (χ1n) is 4.54. The van der Waals surface area contributed by atoms with E-state index in [4.69, 9.17) is 5.11 Å². The average molecular weight is 211 g/mol. The van der Waals surface area contributed by atoms with Gasteiger partial charge in [0.15, 0.2) is 0 Å². The van der Waals surface area contributed by atoms with E-state index in [2.05, 4.69) is 10.4 Å². The number of aliphatic carboxylic acids is 1. The summed E-state index contributed by atoms with van der Waals surface area (Å²) >= 11 is 0. The van der Waals surface area contributed by atoms with E-state index in [1.54, 1.807) is 25.4 Å². The van der Waals surface area contributed by atoms with Crippen molar-refractivity contribution in [3.05, 3.63) is 18.5 Å². The largest absolute Gasteiger partial charge is 0.480 e. The van der Waals surface area contributed by atoms with Gasteiger partial charge in [-0.15, -0.1) is 0 Å². The molecule has 0 aliphatic heterocycles. The molecule has 0 saturated carbocycles. The summed E-state index contributed by atoms with van der Waals surface area (Å²) in [5.41, 5.74) is 0. The number of carbonyl (C=O) groups excluding carboxylic acids is 1. The van der Waals surface area contributed by atoms with Gasteiger partial charge in [-0.25, -0.2) is 0 Å². The van der Waals surface area contributed by atoms with Gasteiger partial charge in [0.1, 0.15) is 12.1 Å². The Bertz CT molecular complexity index is 347. The second-order valence-electron chi connectivity index (χ2n) is 3.23. The summed E-state index contributed by atoms with van der Waals surface area (Å²) in [5.74, 6) is -1.43. The first-order chi connectivity index (χ1) is 7.02. The van der Waals surface area contributed by atoms with E-state index in [0.29, 0.717) is 0 Å². The molecule has 0 radical (unpaired) electrons. The Balaban J connectivity index is 2.58. The van der Waals surface area contributed by atoms with Gasteiger partial charge in [-0.3, -0.25) is 14.3 Å². The number of carbonyl (C=O) groups is 2. The molecule has 0 aliphatic carbocycles. The highest BCUT2D eigenvalue weighted by Crippen LogP contribution is 2.03. The zero-order chi connectivity index (χ0) is 11.4. The van der Waals surface area contributed by atoms with Crippen LogP contribution in [0.5, 0.6) is 0 Å². The van der Waals surface area contributed by atoms with Crippen LogP contribution in [0.15, 0.2) is 18.5 Å². The van der Waals surface area contributed by atoms with Crippen molar-refractivity contribution < 1.29 is 14.7 Å². The molecule has 2 N–H and O–H groups in total. The van der Waals surface area contributed by atoms with Gasteiger partial charge in [-0.2, -0.15) is 5.10 Å². The van der Waals surface area contributed by atoms with Crippen molar-refractivity contribution in [3.63, 3.8) is 0 Å². The quantitative estimate of drug-likeness (QED) is 0.736. The van der Waals surface area contributed by atoms with Crippen LogP contribution in [0.3, 0.4) is 0 Å². The zero-order valence-electron chi connectivity index (χ0n) is 8.54. The van der Waals surface area contributed by atoms with Crippen molar-refractivity contribution in [1.29, 1.82) is 0 Å². The number of hydrogen-bond donors (Lipinski definition) is 2. The van der Waals surface area contributed by atoms with Gasteiger partial charge in [-0.05, 0) is 19.9 Å². The molecule has 0 aromatic carbocycles. The number of amides is 1. The Morgan fingerprint density at radius 1 is 1.47 bits per heavy atom. The van der Waals surface area contributed by atoms with Crippen LogP contribution in [-0.2, 0) is 9.59 Å². The van der Waals surface area contributed by atoms with Crippen LogP contribution in [-0.4, -0.2) is 32.8 Å². The Kier molecular flexibility index (Phi) is 3.43. The van der Waals surface area contributed by atoms with Gasteiger partial charge in [-0.1, -0.05) is 0 Å². The molecule has 0 bridgehead atoms. The first-order valence-corrected chi connectivity index (χ1v) is 4.54. The fourth-order valence-corrected chi connectivity index (χ4v) is 1.03. The van der Waals surface area contributed by atoms with E-state index in [0.717, 1.165) is 0 Å². The van der Waals surface area contributed by atoms with E-state index in [-0.39, 0.29) is 5.91 Å². The van der Waals surface area contributed by atoms with E-state index in [1.807, 2.05) is 0 Å². The van der Waals surface area contributed by atoms with Crippen molar-refractivity contribution in [2.24, 2.45) is 0 Å². The summed E-state index contributed by atoms with van der Waals surface area (Å²) in [5, 5.41) is 14.9. The molecular formula is C9H13N3O3. The highest BCUT2D eigenvalue weighted by Gasteiger charge is 2.19. The second kappa shape index (κ2) is 4.59. The summed E-state index contributed by atoms with van der Waals surface area (Å²) in [6.07, 6.45) is 3.21. The maximum atomic E-state index is 11.5. The Morgan fingerprint density at radius 3 is 2.60 bits per heavy atom. The third-order valence-electron chi connectivity index (χ3n) is 2.03. The molecule has 2 atom stereocenters. The smallest absolute Gasteiger partial charge is 0.325 e. The minimum atomic E-state index is -1.06. The maximum absolute atomic E-state index is 11.5. The number of carboxylic acids is 1. The van der Waals surface area contributed by atoms with Gasteiger partial charge in [0.2, 0.25) is 5.91 Å². The summed E-state index contributed by atoms with van der Waals surface area (Å²) < 4.78 is 1.46. The molecule has 6 heteroatoms. The molecule has 0 spiro atoms. The molecule has 1 heterocycles. The molecule has 0 aliphatic rings. The molecule has 0 fully saturated rings. The van der Waals surface area contributed by atoms with Gasteiger partial charge < -0.3 is 10.4 Å². The normalized spacial score (nSPS) is 14.3. The van der Waals surface area contributed by atoms with Crippen LogP contribution in [0.4, 0.5) is 0 Å². The van der Waals surface area contributed by atoms with Gasteiger partial charge in [0, 0.05) is 12.4 Å². The first kappa shape index (κ1) is 11.2. The SMILES string of the molecule is CC(NC(=O)C(C)n1cccn1)C(=O)O. The Labute approximate surface area is 86.9 Å². The summed E-state index contributed by atoms with van der Waals surface area (Å²) in [6.45, 7) is 3.06. The molecule has 1 rings (SSSR count). The third-order valence-corrected chi connectivity index (χ3v) is 2.03. The zero-order valence-corrected chi connectivity index (χ0v) is 8.54. The number of nitrogens with one attached hydrogen (secondary N) is 1. The molecule has 2 unspecified atom stereocenters. The molecule has 1 amide bonds. The van der Waals surface area contributed by atoms with E-state index >= 15 is 0 Å². The van der Waals surface area contributed by atoms with Gasteiger partial charge in [0.05, 0.1) is 0 Å². The van der Waals surface area contributed by atoms with E-state index < -0.39 is 18.1 Å². The van der Waals surface area contributed by atoms with E-state index in [9.17, 15) is 9.59 Å². The highest BCUT2D eigenvalue weighted by atomic mass is 16.4. The molecule has 0 saturated heterocycles. The van der Waals surface area contributed by atoms with Crippen molar-refractivity contribution >= 4 is 11.9 Å². The predicted molar refractivity (Wildman–Crippen MR) is 52.2 cm³/mol. The lowest BCUT2D eigenvalue weighted by Crippen LogP contribution is -2.41. The van der Waals surface area contributed by atoms with E-state index in [1.165, 1.54) is 11.6 Å². The van der Waals surface area contributed by atoms with Crippen LogP contribution in [0.2, 0.25) is 0 Å². The number of carboxylic acid groups (broad SMARTS) is 1. The lowest BCUT2D eigenvalue weighted by atomic mass is 10.2. The fraction of sp³-hybridized carbons (Fsp3) is 0.444. The monoisotopic (exact) mass is 211 g/mol. The van der Waals surface area contributed by atoms with Crippen LogP contribution in [0.25, 0.3) is 0 Å². The van der Waals surface area contributed by atoms with Crippen molar-refractivity contribution in [2.45, 2.75) is 25.9 Å². The number of nitrogens with zero attached hydrogens (tertiary/aromatic N) is 2. The van der Waals surface area contributed by atoms with Crippen LogP contribution in [0.1, 0.15) is 19.9 Å². The number of rotatable bonds is 4. The van der Waals surface area contributed by atoms with Crippen LogP contribution < -0.4 is 5.32 Å². The predicted octanol–water partition coefficient (Wildman–Crippen LogP) is 0.0334. The summed E-state index contributed by atoms with van der Waals surface area (Å²) in [7, 11) is 0. The third kappa shape index (κ3) is 2.80.